The molecule has 3 nitrogen and oxygen atoms in total. The second-order valence-electron chi connectivity index (χ2n) is 4.91. The summed E-state index contributed by atoms with van der Waals surface area (Å²) < 4.78 is 0. The Morgan fingerprint density at radius 2 is 1.62 bits per heavy atom. The van der Waals surface area contributed by atoms with Crippen LogP contribution >= 0.6 is 11.8 Å². The number of benzene rings is 2. The molecule has 2 aromatic carbocycles. The average molecular weight is 300 g/mol. The number of amides is 1. The summed E-state index contributed by atoms with van der Waals surface area (Å²) in [6, 6.07) is 15.7. The van der Waals surface area contributed by atoms with Crippen molar-refractivity contribution in [1.29, 1.82) is 0 Å². The van der Waals surface area contributed by atoms with Gasteiger partial charge in [-0.25, -0.2) is 0 Å². The van der Waals surface area contributed by atoms with E-state index in [2.05, 4.69) is 30.5 Å². The molecule has 2 aromatic rings. The summed E-state index contributed by atoms with van der Waals surface area (Å²) in [7, 11) is 1.82. The van der Waals surface area contributed by atoms with Gasteiger partial charge in [0.25, 0.3) is 5.91 Å². The molecule has 0 saturated carbocycles. The molecule has 0 aliphatic carbocycles. The lowest BCUT2D eigenvalue weighted by Gasteiger charge is -2.17. The van der Waals surface area contributed by atoms with E-state index in [0.717, 1.165) is 11.1 Å². The van der Waals surface area contributed by atoms with Crippen LogP contribution in [0.25, 0.3) is 0 Å². The third kappa shape index (κ3) is 4.09. The highest BCUT2D eigenvalue weighted by Crippen LogP contribution is 2.16. The van der Waals surface area contributed by atoms with Crippen molar-refractivity contribution in [3.05, 3.63) is 65.2 Å². The lowest BCUT2D eigenvalue weighted by molar-refractivity contribution is 0.0785. The van der Waals surface area contributed by atoms with E-state index in [9.17, 15) is 4.79 Å². The molecule has 0 aliphatic rings. The monoisotopic (exact) mass is 300 g/mol. The standard InChI is InChI=1S/C17H20N2OS/c1-19(12-14-5-9-16(21-2)10-6-14)17(20)15-7-3-13(11-18)4-8-15/h3-10H,11-12,18H2,1-2H3. The van der Waals surface area contributed by atoms with Gasteiger partial charge < -0.3 is 10.6 Å². The summed E-state index contributed by atoms with van der Waals surface area (Å²) in [4.78, 5) is 15.3. The predicted molar refractivity (Wildman–Crippen MR) is 88.4 cm³/mol. The van der Waals surface area contributed by atoms with E-state index in [1.807, 2.05) is 31.3 Å². The third-order valence-corrected chi connectivity index (χ3v) is 4.11. The lowest BCUT2D eigenvalue weighted by Crippen LogP contribution is -2.26. The summed E-state index contributed by atoms with van der Waals surface area (Å²) in [5, 5.41) is 0. The number of nitrogens with two attached hydrogens (primary N) is 1. The fraction of sp³-hybridized carbons (Fsp3) is 0.235. The molecule has 0 saturated heterocycles. The van der Waals surface area contributed by atoms with E-state index in [0.29, 0.717) is 18.7 Å². The quantitative estimate of drug-likeness (QED) is 0.863. The van der Waals surface area contributed by atoms with E-state index in [-0.39, 0.29) is 5.91 Å². The number of hydrogen-bond acceptors (Lipinski definition) is 3. The van der Waals surface area contributed by atoms with Gasteiger partial charge in [-0.2, -0.15) is 0 Å². The Hall–Kier alpha value is -1.78. The van der Waals surface area contributed by atoms with E-state index in [1.54, 1.807) is 16.7 Å². The molecule has 0 heterocycles. The number of carbonyl (C=O) groups is 1. The van der Waals surface area contributed by atoms with Crippen molar-refractivity contribution in [2.24, 2.45) is 5.73 Å². The molecule has 110 valence electrons. The fourth-order valence-electron chi connectivity index (χ4n) is 2.08. The van der Waals surface area contributed by atoms with Crippen molar-refractivity contribution in [2.45, 2.75) is 18.0 Å². The van der Waals surface area contributed by atoms with Gasteiger partial charge in [-0.1, -0.05) is 24.3 Å². The van der Waals surface area contributed by atoms with Crippen LogP contribution in [0.3, 0.4) is 0 Å². The van der Waals surface area contributed by atoms with Crippen LogP contribution in [0.5, 0.6) is 0 Å². The third-order valence-electron chi connectivity index (χ3n) is 3.36. The average Bonchev–Trinajstić information content (AvgIpc) is 2.55. The zero-order chi connectivity index (χ0) is 15.2. The Kier molecular flexibility index (Phi) is 5.42. The van der Waals surface area contributed by atoms with E-state index in [4.69, 9.17) is 5.73 Å². The fourth-order valence-corrected chi connectivity index (χ4v) is 2.49. The SMILES string of the molecule is CSc1ccc(CN(C)C(=O)c2ccc(CN)cc2)cc1. The summed E-state index contributed by atoms with van der Waals surface area (Å²) in [6.07, 6.45) is 2.05. The second kappa shape index (κ2) is 7.29. The van der Waals surface area contributed by atoms with Gasteiger partial charge in [-0.15, -0.1) is 11.8 Å². The first-order chi connectivity index (χ1) is 10.1. The Balaban J connectivity index is 2.03. The van der Waals surface area contributed by atoms with Gasteiger partial charge in [0.1, 0.15) is 0 Å². The highest BCUT2D eigenvalue weighted by atomic mass is 32.2. The number of carbonyl (C=O) groups excluding carboxylic acids is 1. The molecule has 0 atom stereocenters. The van der Waals surface area contributed by atoms with Crippen LogP contribution in [-0.2, 0) is 13.1 Å². The molecular formula is C17H20N2OS. The zero-order valence-electron chi connectivity index (χ0n) is 12.4. The molecule has 0 spiro atoms. The highest BCUT2D eigenvalue weighted by Gasteiger charge is 2.11. The van der Waals surface area contributed by atoms with Crippen LogP contribution < -0.4 is 5.73 Å². The maximum atomic E-state index is 12.4. The summed E-state index contributed by atoms with van der Waals surface area (Å²) in [6.45, 7) is 1.10. The van der Waals surface area contributed by atoms with Crippen molar-refractivity contribution in [3.8, 4) is 0 Å². The Labute approximate surface area is 130 Å². The van der Waals surface area contributed by atoms with Gasteiger partial charge in [0.15, 0.2) is 0 Å². The van der Waals surface area contributed by atoms with Crippen molar-refractivity contribution in [1.82, 2.24) is 4.90 Å². The van der Waals surface area contributed by atoms with Gasteiger partial charge >= 0.3 is 0 Å². The van der Waals surface area contributed by atoms with Crippen molar-refractivity contribution in [2.75, 3.05) is 13.3 Å². The summed E-state index contributed by atoms with van der Waals surface area (Å²) >= 11 is 1.71. The summed E-state index contributed by atoms with van der Waals surface area (Å²) in [5.41, 5.74) is 8.41. The maximum Gasteiger partial charge on any atom is 0.253 e. The van der Waals surface area contributed by atoms with E-state index in [1.165, 1.54) is 4.90 Å². The highest BCUT2D eigenvalue weighted by molar-refractivity contribution is 7.98. The van der Waals surface area contributed by atoms with Crippen LogP contribution in [0.4, 0.5) is 0 Å². The van der Waals surface area contributed by atoms with Gasteiger partial charge in [0.2, 0.25) is 0 Å². The largest absolute Gasteiger partial charge is 0.337 e. The molecule has 0 aliphatic heterocycles. The van der Waals surface area contributed by atoms with Crippen LogP contribution in [0.1, 0.15) is 21.5 Å². The van der Waals surface area contributed by atoms with E-state index >= 15 is 0 Å². The topological polar surface area (TPSA) is 46.3 Å². The van der Waals surface area contributed by atoms with E-state index < -0.39 is 0 Å². The molecular weight excluding hydrogens is 280 g/mol. The number of nitrogens with zero attached hydrogens (tertiary/aromatic N) is 1. The molecule has 21 heavy (non-hydrogen) atoms. The van der Waals surface area contributed by atoms with Gasteiger partial charge in [0.05, 0.1) is 0 Å². The Bertz CT molecular complexity index is 593. The maximum absolute atomic E-state index is 12.4. The molecule has 0 radical (unpaired) electrons. The molecule has 0 bridgehead atoms. The number of hydrogen-bond donors (Lipinski definition) is 1. The first kappa shape index (κ1) is 15.6. The minimum Gasteiger partial charge on any atom is -0.337 e. The molecule has 2 rings (SSSR count). The van der Waals surface area contributed by atoms with Crippen LogP contribution in [-0.4, -0.2) is 24.1 Å². The van der Waals surface area contributed by atoms with Crippen LogP contribution in [0.2, 0.25) is 0 Å². The second-order valence-corrected chi connectivity index (χ2v) is 5.79. The minimum absolute atomic E-state index is 0.0208. The smallest absolute Gasteiger partial charge is 0.253 e. The van der Waals surface area contributed by atoms with Gasteiger partial charge in [-0.3, -0.25) is 4.79 Å². The zero-order valence-corrected chi connectivity index (χ0v) is 13.2. The van der Waals surface area contributed by atoms with Crippen molar-refractivity contribution < 1.29 is 4.79 Å². The normalized spacial score (nSPS) is 10.4. The molecule has 4 heteroatoms. The molecule has 0 unspecified atom stereocenters. The number of rotatable bonds is 5. The van der Waals surface area contributed by atoms with Gasteiger partial charge in [-0.05, 0) is 41.6 Å². The molecule has 0 aromatic heterocycles. The Morgan fingerprint density at radius 3 is 2.14 bits per heavy atom. The first-order valence-corrected chi connectivity index (χ1v) is 8.04. The molecule has 1 amide bonds. The van der Waals surface area contributed by atoms with Gasteiger partial charge in [0, 0.05) is 30.6 Å². The predicted octanol–water partition coefficient (Wildman–Crippen LogP) is 3.14. The van der Waals surface area contributed by atoms with Crippen molar-refractivity contribution >= 4 is 17.7 Å². The first-order valence-electron chi connectivity index (χ1n) is 6.81. The van der Waals surface area contributed by atoms with Crippen molar-refractivity contribution in [3.63, 3.8) is 0 Å². The Morgan fingerprint density at radius 1 is 1.05 bits per heavy atom. The minimum atomic E-state index is 0.0208. The number of thioether (sulfide) groups is 1. The summed E-state index contributed by atoms with van der Waals surface area (Å²) in [5.74, 6) is 0.0208. The van der Waals surface area contributed by atoms with Crippen LogP contribution in [0, 0.1) is 0 Å². The molecule has 0 fully saturated rings. The van der Waals surface area contributed by atoms with Crippen LogP contribution in [0.15, 0.2) is 53.4 Å². The molecule has 2 N–H and O–H groups in total. The lowest BCUT2D eigenvalue weighted by atomic mass is 10.1.